The SMILES string of the molecule is CC(/C=C(/C)[N-]c1c(C(C)C)cccc1C(C)C)=Nc1c(C(C)C)cccc1C(C)C.CC(/C=C(/C)[N-]c1c(C(C)C)cccc1C(C)C)=Nc1c(C(C)C)cccc1C(C)C.CCOCC.CCOCC.N[N-]c1ccccc1.[Fe+3].[Fe+3].[S-2]. The molecular weight excluding hydrogens is 1120 g/mol. The summed E-state index contributed by atoms with van der Waals surface area (Å²) in [5.41, 5.74) is 23.2. The summed E-state index contributed by atoms with van der Waals surface area (Å²) >= 11 is 0. The van der Waals surface area contributed by atoms with Gasteiger partial charge in [-0.1, -0.05) is 262 Å². The number of aliphatic imine (C=N–C) groups is 2. The van der Waals surface area contributed by atoms with Crippen LogP contribution in [0.5, 0.6) is 0 Å². The Morgan fingerprint density at radius 1 is 0.386 bits per heavy atom. The first-order valence-corrected chi connectivity index (χ1v) is 29.8. The molecule has 0 amide bonds. The molecule has 0 aromatic heterocycles. The molecule has 0 saturated heterocycles. The number of benzene rings is 5. The van der Waals surface area contributed by atoms with Crippen molar-refractivity contribution >= 4 is 53.4 Å². The molecule has 0 heterocycles. The topological polar surface area (TPSA) is 112 Å². The average Bonchev–Trinajstić information content (AvgIpc) is 3.39. The molecule has 5 aromatic rings. The normalized spacial score (nSPS) is 11.6. The molecule has 0 bridgehead atoms. The number of hydrogen-bond donors (Lipinski definition) is 1. The van der Waals surface area contributed by atoms with Gasteiger partial charge in [0.05, 0.1) is 11.4 Å². The first-order valence-electron chi connectivity index (χ1n) is 29.8. The number of ether oxygens (including phenoxy) is 2. The molecule has 0 unspecified atom stereocenters. The van der Waals surface area contributed by atoms with Gasteiger partial charge in [0, 0.05) is 37.9 Å². The maximum Gasteiger partial charge on any atom is 3.00 e. The van der Waals surface area contributed by atoms with Crippen LogP contribution in [-0.2, 0) is 57.1 Å². The summed E-state index contributed by atoms with van der Waals surface area (Å²) in [6.45, 7) is 55.4. The Morgan fingerprint density at radius 2 is 0.614 bits per heavy atom. The molecule has 5 aromatic carbocycles. The van der Waals surface area contributed by atoms with Gasteiger partial charge in [-0.05, 0) is 111 Å². The minimum Gasteiger partial charge on any atom is -2.00 e. The van der Waals surface area contributed by atoms with Gasteiger partial charge in [-0.15, -0.1) is 17.1 Å². The predicted octanol–water partition coefficient (Wildman–Crippen LogP) is 23.4. The molecule has 8 nitrogen and oxygen atoms in total. The quantitative estimate of drug-likeness (QED) is 0.0342. The molecule has 0 aliphatic carbocycles. The third-order valence-electron chi connectivity index (χ3n) is 13.1. The van der Waals surface area contributed by atoms with Crippen molar-refractivity contribution in [2.45, 2.75) is 214 Å². The van der Waals surface area contributed by atoms with Crippen LogP contribution in [0.25, 0.3) is 16.1 Å². The van der Waals surface area contributed by atoms with E-state index in [2.05, 4.69) is 229 Å². The van der Waals surface area contributed by atoms with Crippen molar-refractivity contribution in [3.8, 4) is 0 Å². The number of para-hydroxylation sites is 4. The van der Waals surface area contributed by atoms with E-state index < -0.39 is 0 Å². The third kappa shape index (κ3) is 30.0. The van der Waals surface area contributed by atoms with Gasteiger partial charge in [0.1, 0.15) is 0 Å². The summed E-state index contributed by atoms with van der Waals surface area (Å²) in [4.78, 5) is 10.2. The van der Waals surface area contributed by atoms with Crippen LogP contribution in [0, 0.1) is 0 Å². The van der Waals surface area contributed by atoms with Crippen LogP contribution in [0.1, 0.15) is 258 Å². The van der Waals surface area contributed by atoms with E-state index in [1.807, 2.05) is 58.0 Å². The minimum atomic E-state index is 0. The first kappa shape index (κ1) is 82.8. The molecule has 0 spiro atoms. The van der Waals surface area contributed by atoms with E-state index in [0.717, 1.165) is 77.7 Å². The van der Waals surface area contributed by atoms with Gasteiger partial charge in [-0.25, -0.2) is 0 Å². The third-order valence-corrected chi connectivity index (χ3v) is 13.1. The van der Waals surface area contributed by atoms with Crippen molar-refractivity contribution in [1.29, 1.82) is 0 Å². The van der Waals surface area contributed by atoms with Crippen molar-refractivity contribution in [2.24, 2.45) is 15.8 Å². The standard InChI is InChI=1S/2C29H41N2.C6H7N2.2C4H10O.2Fe.S/c2*1-18(2)24-13-11-14-25(19(3)4)28(24)30-22(9)17-23(10)31-29-26(20(5)6)15-12-16-27(29)21(7)8;7-8-6-4-2-1-3-5-6;2*1-3-5-4-2;;;/h2*11-21H,1-10H3;1-5H,7H2;2*3-4H2,1-2H3;;;/q3*-1;;;2*+3;-2/b2*22-17-,31-23?;;;;;;. The summed E-state index contributed by atoms with van der Waals surface area (Å²) in [7, 11) is 0. The van der Waals surface area contributed by atoms with E-state index in [-0.39, 0.29) is 47.6 Å². The van der Waals surface area contributed by atoms with Crippen LogP contribution in [-0.4, -0.2) is 37.9 Å². The van der Waals surface area contributed by atoms with Crippen LogP contribution >= 0.6 is 0 Å². The Hall–Kier alpha value is -4.41. The molecular formula is C72H109Fe2N6O2S+. The Kier molecular flexibility index (Phi) is 44.9. The fourth-order valence-electron chi connectivity index (χ4n) is 8.92. The number of rotatable bonds is 21. The van der Waals surface area contributed by atoms with Gasteiger partial charge in [0.15, 0.2) is 0 Å². The van der Waals surface area contributed by atoms with E-state index in [0.29, 0.717) is 47.3 Å². The second kappa shape index (κ2) is 45.0. The van der Waals surface area contributed by atoms with Gasteiger partial charge in [0.25, 0.3) is 0 Å². The van der Waals surface area contributed by atoms with Gasteiger partial charge in [-0.3, -0.25) is 9.98 Å². The van der Waals surface area contributed by atoms with Crippen LogP contribution in [0.2, 0.25) is 0 Å². The van der Waals surface area contributed by atoms with Crippen molar-refractivity contribution in [3.05, 3.63) is 187 Å². The number of allylic oxidation sites excluding steroid dienone is 4. The minimum absolute atomic E-state index is 0. The van der Waals surface area contributed by atoms with E-state index in [1.54, 1.807) is 0 Å². The second-order valence-corrected chi connectivity index (χ2v) is 22.7. The molecule has 0 aliphatic rings. The molecule has 460 valence electrons. The number of hydrogen-bond acceptors (Lipinski definition) is 5. The fourth-order valence-corrected chi connectivity index (χ4v) is 8.92. The monoisotopic (exact) mass is 1230 g/mol. The van der Waals surface area contributed by atoms with Crippen molar-refractivity contribution < 1.29 is 43.6 Å². The Balaban J connectivity index is -0.00000115. The molecule has 5 rings (SSSR count). The summed E-state index contributed by atoms with van der Waals surface area (Å²) < 4.78 is 9.67. The zero-order chi connectivity index (χ0) is 60.6. The van der Waals surface area contributed by atoms with Crippen LogP contribution in [0.3, 0.4) is 0 Å². The number of nitrogens with zero attached hydrogens (tertiary/aromatic N) is 5. The van der Waals surface area contributed by atoms with Gasteiger partial charge < -0.3 is 44.9 Å². The van der Waals surface area contributed by atoms with Gasteiger partial charge >= 0.3 is 34.1 Å². The summed E-state index contributed by atoms with van der Waals surface area (Å²) in [5, 5.41) is 10.2. The van der Waals surface area contributed by atoms with E-state index in [9.17, 15) is 0 Å². The van der Waals surface area contributed by atoms with Crippen molar-refractivity contribution in [2.75, 3.05) is 26.4 Å². The fraction of sp³-hybridized carbons (Fsp3) is 0.500. The summed E-state index contributed by atoms with van der Waals surface area (Å²) in [5.74, 6) is 8.47. The van der Waals surface area contributed by atoms with Crippen molar-refractivity contribution in [1.82, 2.24) is 0 Å². The summed E-state index contributed by atoms with van der Waals surface area (Å²) in [6.07, 6.45) is 4.23. The predicted molar refractivity (Wildman–Crippen MR) is 363 cm³/mol. The van der Waals surface area contributed by atoms with Crippen molar-refractivity contribution in [3.63, 3.8) is 0 Å². The Bertz CT molecular complexity index is 2400. The molecule has 0 atom stereocenters. The van der Waals surface area contributed by atoms with E-state index in [1.165, 1.54) is 44.5 Å². The maximum absolute atomic E-state index is 5.08. The van der Waals surface area contributed by atoms with Crippen LogP contribution in [0.15, 0.2) is 137 Å². The molecule has 11 heteroatoms. The van der Waals surface area contributed by atoms with E-state index >= 15 is 0 Å². The maximum atomic E-state index is 5.08. The molecule has 2 radical (unpaired) electrons. The first-order chi connectivity index (χ1) is 37.8. The average molecular weight is 1230 g/mol. The van der Waals surface area contributed by atoms with Gasteiger partial charge in [0.2, 0.25) is 0 Å². The summed E-state index contributed by atoms with van der Waals surface area (Å²) in [6, 6.07) is 35.7. The smallest absolute Gasteiger partial charge is 2.00 e. The molecule has 0 saturated carbocycles. The zero-order valence-electron chi connectivity index (χ0n) is 55.7. The Labute approximate surface area is 536 Å². The van der Waals surface area contributed by atoms with Crippen LogP contribution in [0.4, 0.5) is 28.4 Å². The largest absolute Gasteiger partial charge is 3.00 e. The molecule has 0 aliphatic heterocycles. The molecule has 2 N–H and O–H groups in total. The van der Waals surface area contributed by atoms with Gasteiger partial charge in [-0.2, -0.15) is 11.4 Å². The zero-order valence-corrected chi connectivity index (χ0v) is 58.7. The molecule has 0 fully saturated rings. The van der Waals surface area contributed by atoms with Crippen LogP contribution < -0.4 is 5.84 Å². The Morgan fingerprint density at radius 3 is 0.795 bits per heavy atom. The number of nitrogens with two attached hydrogens (primary N) is 1. The van der Waals surface area contributed by atoms with E-state index in [4.69, 9.17) is 35.9 Å². The molecule has 83 heavy (non-hydrogen) atoms. The second-order valence-electron chi connectivity index (χ2n) is 22.7.